The van der Waals surface area contributed by atoms with Gasteiger partial charge in [-0.1, -0.05) is 6.42 Å². The Morgan fingerprint density at radius 3 is 2.56 bits per heavy atom. The molecular weight excluding hydrogens is 326 g/mol. The fourth-order valence-corrected chi connectivity index (χ4v) is 3.76. The quantitative estimate of drug-likeness (QED) is 0.491. The van der Waals surface area contributed by atoms with Gasteiger partial charge in [-0.05, 0) is 37.9 Å². The highest BCUT2D eigenvalue weighted by Crippen LogP contribution is 2.31. The van der Waals surface area contributed by atoms with Crippen molar-refractivity contribution in [3.8, 4) is 0 Å². The van der Waals surface area contributed by atoms with Crippen LogP contribution in [0.4, 0.5) is 11.4 Å². The fourth-order valence-electron chi connectivity index (χ4n) is 3.76. The van der Waals surface area contributed by atoms with Crippen molar-refractivity contribution in [2.45, 2.75) is 44.2 Å². The number of hydrogen-bond donors (Lipinski definition) is 1. The molecule has 3 rings (SSSR count). The van der Waals surface area contributed by atoms with Crippen LogP contribution in [0.1, 0.15) is 32.1 Å². The van der Waals surface area contributed by atoms with Crippen molar-refractivity contribution in [2.75, 3.05) is 18.1 Å². The van der Waals surface area contributed by atoms with Crippen molar-refractivity contribution < 1.29 is 19.6 Å². The van der Waals surface area contributed by atoms with Crippen molar-refractivity contribution in [1.29, 1.82) is 0 Å². The average Bonchev–Trinajstić information content (AvgIpc) is 2.90. The molecule has 134 valence electrons. The average molecular weight is 347 g/mol. The first-order valence-electron chi connectivity index (χ1n) is 8.51. The van der Waals surface area contributed by atoms with E-state index in [2.05, 4.69) is 0 Å². The van der Waals surface area contributed by atoms with Crippen LogP contribution in [0.2, 0.25) is 0 Å². The van der Waals surface area contributed by atoms with Gasteiger partial charge in [0.25, 0.3) is 11.6 Å². The van der Waals surface area contributed by atoms with E-state index in [0.29, 0.717) is 12.1 Å². The van der Waals surface area contributed by atoms with Crippen molar-refractivity contribution in [1.82, 2.24) is 4.90 Å². The number of nitrogens with zero attached hydrogens (tertiary/aromatic N) is 3. The maximum atomic E-state index is 12.9. The highest BCUT2D eigenvalue weighted by atomic mass is 16.6. The van der Waals surface area contributed by atoms with Crippen molar-refractivity contribution in [3.63, 3.8) is 0 Å². The van der Waals surface area contributed by atoms with Gasteiger partial charge < -0.3 is 5.11 Å². The van der Waals surface area contributed by atoms with Gasteiger partial charge in [-0.3, -0.25) is 24.6 Å². The van der Waals surface area contributed by atoms with Gasteiger partial charge in [-0.2, -0.15) is 0 Å². The van der Waals surface area contributed by atoms with Crippen molar-refractivity contribution >= 4 is 23.2 Å². The number of likely N-dealkylation sites (tertiary alicyclic amines) is 1. The number of benzene rings is 1. The van der Waals surface area contributed by atoms with Crippen LogP contribution in [0.15, 0.2) is 24.3 Å². The molecule has 0 radical (unpaired) electrons. The summed E-state index contributed by atoms with van der Waals surface area (Å²) in [6.45, 7) is 0.796. The van der Waals surface area contributed by atoms with Crippen molar-refractivity contribution in [3.05, 3.63) is 34.4 Å². The molecular formula is C17H21N3O5. The van der Waals surface area contributed by atoms with Crippen LogP contribution in [-0.2, 0) is 9.59 Å². The largest absolute Gasteiger partial charge is 0.396 e. The molecule has 2 heterocycles. The number of carbonyl (C=O) groups excluding carboxylic acids is 2. The van der Waals surface area contributed by atoms with E-state index in [1.54, 1.807) is 0 Å². The minimum absolute atomic E-state index is 0.0576. The van der Waals surface area contributed by atoms with Crippen LogP contribution in [0.25, 0.3) is 0 Å². The standard InChI is InChI=1S/C17H21N3O5/c21-10-8-12-3-1-2-9-18(12)15-11-16(22)19(17(15)23)13-4-6-14(7-5-13)20(24)25/h4-7,12,15,21H,1-3,8-11H2/t12-,15-/m0/s1. The topological polar surface area (TPSA) is 104 Å². The summed E-state index contributed by atoms with van der Waals surface area (Å²) in [5, 5.41) is 20.0. The van der Waals surface area contributed by atoms with Gasteiger partial charge in [-0.25, -0.2) is 4.90 Å². The predicted molar refractivity (Wildman–Crippen MR) is 90.0 cm³/mol. The number of aliphatic hydroxyl groups excluding tert-OH is 1. The number of imide groups is 1. The van der Waals surface area contributed by atoms with Crippen LogP contribution >= 0.6 is 0 Å². The zero-order valence-electron chi connectivity index (χ0n) is 13.8. The third-order valence-corrected chi connectivity index (χ3v) is 4.98. The van der Waals surface area contributed by atoms with Crippen LogP contribution in [0.3, 0.4) is 0 Å². The number of non-ortho nitro benzene ring substituents is 1. The molecule has 0 aromatic heterocycles. The molecule has 2 fully saturated rings. The maximum Gasteiger partial charge on any atom is 0.269 e. The Bertz CT molecular complexity index is 673. The minimum Gasteiger partial charge on any atom is -0.396 e. The zero-order chi connectivity index (χ0) is 18.0. The molecule has 1 aromatic rings. The Balaban J connectivity index is 1.80. The second-order valence-electron chi connectivity index (χ2n) is 6.46. The Kier molecular flexibility index (Phi) is 5.10. The number of carbonyl (C=O) groups is 2. The lowest BCUT2D eigenvalue weighted by atomic mass is 9.97. The Labute approximate surface area is 145 Å². The second kappa shape index (κ2) is 7.28. The van der Waals surface area contributed by atoms with Gasteiger partial charge in [0.05, 0.1) is 23.1 Å². The first-order valence-corrected chi connectivity index (χ1v) is 8.51. The normalized spacial score (nSPS) is 24.8. The summed E-state index contributed by atoms with van der Waals surface area (Å²) in [4.78, 5) is 38.7. The van der Waals surface area contributed by atoms with Gasteiger partial charge in [0.1, 0.15) is 0 Å². The molecule has 0 bridgehead atoms. The number of amides is 2. The van der Waals surface area contributed by atoms with Gasteiger partial charge in [0.15, 0.2) is 0 Å². The first kappa shape index (κ1) is 17.5. The molecule has 0 spiro atoms. The maximum absolute atomic E-state index is 12.9. The SMILES string of the molecule is O=C1C[C@H](N2CCCC[C@H]2CCO)C(=O)N1c1ccc([N+](=O)[O-])cc1. The number of piperidine rings is 1. The summed E-state index contributed by atoms with van der Waals surface area (Å²) in [6.07, 6.45) is 3.64. The molecule has 2 aliphatic rings. The van der Waals surface area contributed by atoms with Crippen LogP contribution < -0.4 is 4.90 Å². The van der Waals surface area contributed by atoms with Gasteiger partial charge in [-0.15, -0.1) is 0 Å². The number of anilines is 1. The monoisotopic (exact) mass is 347 g/mol. The molecule has 2 saturated heterocycles. The van der Waals surface area contributed by atoms with E-state index in [0.717, 1.165) is 30.7 Å². The third kappa shape index (κ3) is 3.40. The molecule has 8 nitrogen and oxygen atoms in total. The summed E-state index contributed by atoms with van der Waals surface area (Å²) in [5.74, 6) is -0.583. The van der Waals surface area contributed by atoms with E-state index in [4.69, 9.17) is 0 Å². The molecule has 25 heavy (non-hydrogen) atoms. The molecule has 0 saturated carbocycles. The third-order valence-electron chi connectivity index (χ3n) is 4.98. The van der Waals surface area contributed by atoms with E-state index in [9.17, 15) is 24.8 Å². The van der Waals surface area contributed by atoms with Gasteiger partial charge in [0, 0.05) is 24.8 Å². The van der Waals surface area contributed by atoms with E-state index < -0.39 is 11.0 Å². The summed E-state index contributed by atoms with van der Waals surface area (Å²) in [5.41, 5.74) is 0.275. The summed E-state index contributed by atoms with van der Waals surface area (Å²) >= 11 is 0. The molecule has 1 N–H and O–H groups in total. The van der Waals surface area contributed by atoms with Gasteiger partial charge >= 0.3 is 0 Å². The van der Waals surface area contributed by atoms with Crippen molar-refractivity contribution in [2.24, 2.45) is 0 Å². The smallest absolute Gasteiger partial charge is 0.269 e. The highest BCUT2D eigenvalue weighted by molar-refractivity contribution is 6.22. The lowest BCUT2D eigenvalue weighted by molar-refractivity contribution is -0.384. The molecule has 2 aliphatic heterocycles. The van der Waals surface area contributed by atoms with E-state index >= 15 is 0 Å². The lowest BCUT2D eigenvalue weighted by Gasteiger charge is -2.38. The Morgan fingerprint density at radius 1 is 1.20 bits per heavy atom. The predicted octanol–water partition coefficient (Wildman–Crippen LogP) is 1.46. The summed E-state index contributed by atoms with van der Waals surface area (Å²) in [6, 6.07) is 5.03. The highest BCUT2D eigenvalue weighted by Gasteiger charge is 2.44. The first-order chi connectivity index (χ1) is 12.0. The molecule has 8 heteroatoms. The second-order valence-corrected chi connectivity index (χ2v) is 6.46. The van der Waals surface area contributed by atoms with Crippen LogP contribution in [0, 0.1) is 10.1 Å². The Morgan fingerprint density at radius 2 is 1.92 bits per heavy atom. The van der Waals surface area contributed by atoms with Gasteiger partial charge in [0.2, 0.25) is 5.91 Å². The van der Waals surface area contributed by atoms with E-state index in [-0.39, 0.29) is 36.6 Å². The molecule has 0 unspecified atom stereocenters. The lowest BCUT2D eigenvalue weighted by Crippen LogP contribution is -2.50. The number of rotatable bonds is 5. The number of nitro benzene ring substituents is 1. The molecule has 2 atom stereocenters. The van der Waals surface area contributed by atoms with Crippen LogP contribution in [-0.4, -0.2) is 52.0 Å². The zero-order valence-corrected chi connectivity index (χ0v) is 13.8. The van der Waals surface area contributed by atoms with Crippen LogP contribution in [0.5, 0.6) is 0 Å². The summed E-state index contributed by atoms with van der Waals surface area (Å²) < 4.78 is 0. The molecule has 2 amide bonds. The molecule has 0 aliphatic carbocycles. The van der Waals surface area contributed by atoms with E-state index in [1.807, 2.05) is 4.90 Å². The Hall–Kier alpha value is -2.32. The number of hydrogen-bond acceptors (Lipinski definition) is 6. The van der Waals surface area contributed by atoms with E-state index in [1.165, 1.54) is 24.3 Å². The number of nitro groups is 1. The number of aliphatic hydroxyl groups is 1. The fraction of sp³-hybridized carbons (Fsp3) is 0.529. The molecule has 1 aromatic carbocycles. The minimum atomic E-state index is -0.520. The summed E-state index contributed by atoms with van der Waals surface area (Å²) in [7, 11) is 0.